The predicted octanol–water partition coefficient (Wildman–Crippen LogP) is 2.16. The number of hydrogen-bond donors (Lipinski definition) is 1. The summed E-state index contributed by atoms with van der Waals surface area (Å²) in [6, 6.07) is 2.08. The molecule has 5 heteroatoms. The molecular weight excluding hydrogens is 226 g/mol. The summed E-state index contributed by atoms with van der Waals surface area (Å²) in [5.41, 5.74) is 6.07. The van der Waals surface area contributed by atoms with Crippen LogP contribution in [-0.4, -0.2) is 25.8 Å². The van der Waals surface area contributed by atoms with Crippen molar-refractivity contribution in [2.75, 3.05) is 30.3 Å². The van der Waals surface area contributed by atoms with Gasteiger partial charge in [0.2, 0.25) is 0 Å². The van der Waals surface area contributed by atoms with Crippen LogP contribution < -0.4 is 10.6 Å². The van der Waals surface area contributed by atoms with Crippen molar-refractivity contribution >= 4 is 11.4 Å². The van der Waals surface area contributed by atoms with Crippen LogP contribution >= 0.6 is 0 Å². The molecule has 94 valence electrons. The van der Waals surface area contributed by atoms with Gasteiger partial charge < -0.3 is 15.4 Å². The topological polar surface area (TPSA) is 38.5 Å². The van der Waals surface area contributed by atoms with Crippen LogP contribution in [0, 0.1) is 11.6 Å². The quantitative estimate of drug-likeness (QED) is 0.808. The Balaban J connectivity index is 2.27. The van der Waals surface area contributed by atoms with Crippen molar-refractivity contribution in [1.82, 2.24) is 0 Å². The van der Waals surface area contributed by atoms with Gasteiger partial charge in [-0.05, 0) is 12.5 Å². The molecule has 1 aromatic carbocycles. The van der Waals surface area contributed by atoms with Crippen LogP contribution in [0.1, 0.15) is 13.3 Å². The molecule has 1 heterocycles. The summed E-state index contributed by atoms with van der Waals surface area (Å²) >= 11 is 0. The molecule has 0 aliphatic carbocycles. The second-order valence-corrected chi connectivity index (χ2v) is 4.17. The lowest BCUT2D eigenvalue weighted by Gasteiger charge is -2.34. The molecule has 0 saturated carbocycles. The largest absolute Gasteiger partial charge is 0.395 e. The third-order valence-corrected chi connectivity index (χ3v) is 3.01. The Morgan fingerprint density at radius 3 is 2.94 bits per heavy atom. The Morgan fingerprint density at radius 1 is 1.47 bits per heavy atom. The fourth-order valence-corrected chi connectivity index (χ4v) is 2.02. The molecule has 17 heavy (non-hydrogen) atoms. The fourth-order valence-electron chi connectivity index (χ4n) is 2.02. The average Bonchev–Trinajstić information content (AvgIpc) is 2.34. The van der Waals surface area contributed by atoms with Crippen molar-refractivity contribution in [3.63, 3.8) is 0 Å². The van der Waals surface area contributed by atoms with Crippen LogP contribution in [-0.2, 0) is 4.74 Å². The highest BCUT2D eigenvalue weighted by Gasteiger charge is 2.22. The first-order valence-electron chi connectivity index (χ1n) is 5.73. The van der Waals surface area contributed by atoms with E-state index in [1.807, 2.05) is 11.8 Å². The maximum atomic E-state index is 13.4. The zero-order valence-electron chi connectivity index (χ0n) is 9.75. The Kier molecular flexibility index (Phi) is 3.47. The van der Waals surface area contributed by atoms with Crippen molar-refractivity contribution in [1.29, 1.82) is 0 Å². The molecular formula is C12H16F2N2O. The molecule has 1 saturated heterocycles. The van der Waals surface area contributed by atoms with Crippen LogP contribution in [0.5, 0.6) is 0 Å². The Morgan fingerprint density at radius 2 is 2.24 bits per heavy atom. The third kappa shape index (κ3) is 2.49. The Labute approximate surface area is 99.2 Å². The van der Waals surface area contributed by atoms with Gasteiger partial charge in [0.25, 0.3) is 0 Å². The maximum absolute atomic E-state index is 13.4. The average molecular weight is 242 g/mol. The van der Waals surface area contributed by atoms with Crippen molar-refractivity contribution in [2.24, 2.45) is 0 Å². The van der Waals surface area contributed by atoms with E-state index < -0.39 is 11.6 Å². The minimum atomic E-state index is -0.709. The van der Waals surface area contributed by atoms with Gasteiger partial charge in [-0.15, -0.1) is 0 Å². The highest BCUT2D eigenvalue weighted by Crippen LogP contribution is 2.28. The van der Waals surface area contributed by atoms with E-state index in [9.17, 15) is 8.78 Å². The standard InChI is InChI=1S/C12H16F2N2O/c1-2-9-7-16(3-4-17-9)11-6-8(13)5-10(14)12(11)15/h5-6,9H,2-4,7,15H2,1H3. The lowest BCUT2D eigenvalue weighted by molar-refractivity contribution is 0.0384. The van der Waals surface area contributed by atoms with Crippen LogP contribution in [0.15, 0.2) is 12.1 Å². The highest BCUT2D eigenvalue weighted by atomic mass is 19.1. The van der Waals surface area contributed by atoms with Crippen molar-refractivity contribution in [3.05, 3.63) is 23.8 Å². The summed E-state index contributed by atoms with van der Waals surface area (Å²) in [6.45, 7) is 3.78. The lowest BCUT2D eigenvalue weighted by atomic mass is 10.1. The van der Waals surface area contributed by atoms with Gasteiger partial charge in [0.05, 0.1) is 24.1 Å². The molecule has 0 radical (unpaired) electrons. The summed E-state index contributed by atoms with van der Waals surface area (Å²) in [6.07, 6.45) is 0.961. The molecule has 1 aliphatic rings. The highest BCUT2D eigenvalue weighted by molar-refractivity contribution is 5.68. The van der Waals surface area contributed by atoms with E-state index in [-0.39, 0.29) is 11.8 Å². The van der Waals surface area contributed by atoms with E-state index in [0.29, 0.717) is 25.4 Å². The van der Waals surface area contributed by atoms with Gasteiger partial charge in [-0.1, -0.05) is 6.92 Å². The summed E-state index contributed by atoms with van der Waals surface area (Å²) < 4.78 is 32.0. The molecule has 1 aromatic rings. The predicted molar refractivity (Wildman–Crippen MR) is 63.0 cm³/mol. The number of rotatable bonds is 2. The lowest BCUT2D eigenvalue weighted by Crippen LogP contribution is -2.42. The van der Waals surface area contributed by atoms with Gasteiger partial charge in [0, 0.05) is 19.2 Å². The van der Waals surface area contributed by atoms with Crippen LogP contribution in [0.2, 0.25) is 0 Å². The second-order valence-electron chi connectivity index (χ2n) is 4.17. The summed E-state index contributed by atoms with van der Waals surface area (Å²) in [4.78, 5) is 1.87. The number of anilines is 2. The summed E-state index contributed by atoms with van der Waals surface area (Å²) in [5, 5.41) is 0. The van der Waals surface area contributed by atoms with E-state index in [4.69, 9.17) is 10.5 Å². The van der Waals surface area contributed by atoms with E-state index in [2.05, 4.69) is 0 Å². The Bertz CT molecular complexity index is 412. The first-order valence-corrected chi connectivity index (χ1v) is 5.73. The fraction of sp³-hybridized carbons (Fsp3) is 0.500. The van der Waals surface area contributed by atoms with Gasteiger partial charge in [-0.2, -0.15) is 0 Å². The number of halogens is 2. The van der Waals surface area contributed by atoms with Gasteiger partial charge in [-0.3, -0.25) is 0 Å². The van der Waals surface area contributed by atoms with Gasteiger partial charge >= 0.3 is 0 Å². The van der Waals surface area contributed by atoms with Crippen molar-refractivity contribution < 1.29 is 13.5 Å². The number of ether oxygens (including phenoxy) is 1. The smallest absolute Gasteiger partial charge is 0.151 e. The zero-order valence-corrected chi connectivity index (χ0v) is 9.75. The number of nitrogens with two attached hydrogens (primary N) is 1. The Hall–Kier alpha value is -1.36. The molecule has 2 rings (SSSR count). The molecule has 2 N–H and O–H groups in total. The van der Waals surface area contributed by atoms with Gasteiger partial charge in [-0.25, -0.2) is 8.78 Å². The molecule has 0 amide bonds. The van der Waals surface area contributed by atoms with Gasteiger partial charge in [0.1, 0.15) is 5.82 Å². The molecule has 1 aliphatic heterocycles. The van der Waals surface area contributed by atoms with Crippen LogP contribution in [0.4, 0.5) is 20.2 Å². The first-order chi connectivity index (χ1) is 8.11. The van der Waals surface area contributed by atoms with Gasteiger partial charge in [0.15, 0.2) is 5.82 Å². The maximum Gasteiger partial charge on any atom is 0.151 e. The van der Waals surface area contributed by atoms with E-state index in [1.165, 1.54) is 6.07 Å². The minimum absolute atomic E-state index is 0.00292. The molecule has 0 spiro atoms. The summed E-state index contributed by atoms with van der Waals surface area (Å²) in [7, 11) is 0. The van der Waals surface area contributed by atoms with Crippen molar-refractivity contribution in [2.45, 2.75) is 19.4 Å². The molecule has 3 nitrogen and oxygen atoms in total. The van der Waals surface area contributed by atoms with E-state index >= 15 is 0 Å². The molecule has 1 unspecified atom stereocenters. The third-order valence-electron chi connectivity index (χ3n) is 3.01. The van der Waals surface area contributed by atoms with Crippen molar-refractivity contribution in [3.8, 4) is 0 Å². The molecule has 1 atom stereocenters. The summed E-state index contributed by atoms with van der Waals surface area (Å²) in [5.74, 6) is -1.31. The monoisotopic (exact) mass is 242 g/mol. The second kappa shape index (κ2) is 4.87. The normalized spacial score (nSPS) is 20.6. The van der Waals surface area contributed by atoms with E-state index in [1.54, 1.807) is 0 Å². The molecule has 1 fully saturated rings. The number of nitrogens with zero attached hydrogens (tertiary/aromatic N) is 1. The SMILES string of the molecule is CCC1CN(c2cc(F)cc(F)c2N)CCO1. The zero-order chi connectivity index (χ0) is 12.4. The number of hydrogen-bond acceptors (Lipinski definition) is 3. The molecule has 0 bridgehead atoms. The number of nitrogen functional groups attached to an aromatic ring is 1. The molecule has 0 aromatic heterocycles. The van der Waals surface area contributed by atoms with Crippen LogP contribution in [0.3, 0.4) is 0 Å². The number of morpholine rings is 1. The minimum Gasteiger partial charge on any atom is -0.395 e. The first kappa shape index (κ1) is 12.1. The number of benzene rings is 1. The van der Waals surface area contributed by atoms with Crippen LogP contribution in [0.25, 0.3) is 0 Å². The van der Waals surface area contributed by atoms with E-state index in [0.717, 1.165) is 12.5 Å².